The van der Waals surface area contributed by atoms with Crippen LogP contribution in [0.5, 0.6) is 11.5 Å². The lowest BCUT2D eigenvalue weighted by atomic mass is 10.1. The summed E-state index contributed by atoms with van der Waals surface area (Å²) >= 11 is 0. The van der Waals surface area contributed by atoms with Crippen LogP contribution in [0.1, 0.15) is 29.3 Å². The summed E-state index contributed by atoms with van der Waals surface area (Å²) in [4.78, 5) is 21.6. The summed E-state index contributed by atoms with van der Waals surface area (Å²) in [5.74, 6) is 5.65. The second kappa shape index (κ2) is 7.07. The van der Waals surface area contributed by atoms with E-state index in [0.29, 0.717) is 30.4 Å². The zero-order chi connectivity index (χ0) is 14.3. The predicted molar refractivity (Wildman–Crippen MR) is 70.2 cm³/mol. The third kappa shape index (κ3) is 4.36. The fourth-order valence-corrected chi connectivity index (χ4v) is 1.41. The molecule has 0 saturated carbocycles. The second-order valence-corrected chi connectivity index (χ2v) is 3.76. The molecule has 0 radical (unpaired) electrons. The second-order valence-electron chi connectivity index (χ2n) is 3.76. The molecule has 19 heavy (non-hydrogen) atoms. The fourth-order valence-electron chi connectivity index (χ4n) is 1.41. The van der Waals surface area contributed by atoms with Gasteiger partial charge in [0.2, 0.25) is 5.91 Å². The first-order chi connectivity index (χ1) is 9.08. The van der Waals surface area contributed by atoms with E-state index < -0.39 is 0 Å². The molecule has 0 aromatic heterocycles. The molecule has 0 aliphatic rings. The minimum atomic E-state index is -0.113. The number of hydrogen-bond donors (Lipinski definition) is 2. The third-order valence-corrected chi connectivity index (χ3v) is 2.32. The van der Waals surface area contributed by atoms with Crippen LogP contribution in [0.2, 0.25) is 0 Å². The Morgan fingerprint density at radius 1 is 1.53 bits per heavy atom. The van der Waals surface area contributed by atoms with Crippen molar-refractivity contribution in [2.75, 3.05) is 13.7 Å². The number of aldehydes is 1. The average Bonchev–Trinajstić information content (AvgIpc) is 2.38. The molecule has 0 saturated heterocycles. The van der Waals surface area contributed by atoms with Crippen molar-refractivity contribution in [3.8, 4) is 23.3 Å². The molecule has 100 valence electrons. The van der Waals surface area contributed by atoms with E-state index in [1.165, 1.54) is 26.2 Å². The lowest BCUT2D eigenvalue weighted by Gasteiger charge is -2.05. The monoisotopic (exact) mass is 261 g/mol. The number of benzene rings is 1. The smallest absolute Gasteiger partial charge is 0.216 e. The highest BCUT2D eigenvalue weighted by atomic mass is 16.5. The number of ether oxygens (including phenoxy) is 1. The molecule has 1 aromatic rings. The van der Waals surface area contributed by atoms with Gasteiger partial charge in [-0.25, -0.2) is 0 Å². The van der Waals surface area contributed by atoms with E-state index in [4.69, 9.17) is 4.74 Å². The Labute approximate surface area is 111 Å². The van der Waals surface area contributed by atoms with Crippen LogP contribution in [0.4, 0.5) is 0 Å². The Balaban J connectivity index is 2.83. The van der Waals surface area contributed by atoms with Crippen molar-refractivity contribution in [1.29, 1.82) is 0 Å². The number of amides is 1. The summed E-state index contributed by atoms with van der Waals surface area (Å²) in [6.45, 7) is 1.88. The SMILES string of the molecule is COc1cc(C=O)c(C#CCCNC(C)=O)cc1O. The molecule has 0 atom stereocenters. The first-order valence-electron chi connectivity index (χ1n) is 5.68. The van der Waals surface area contributed by atoms with E-state index in [0.717, 1.165) is 0 Å². The van der Waals surface area contributed by atoms with Crippen LogP contribution in [-0.2, 0) is 4.79 Å². The molecule has 0 spiro atoms. The van der Waals surface area contributed by atoms with Crippen LogP contribution in [0.15, 0.2) is 12.1 Å². The van der Waals surface area contributed by atoms with Crippen molar-refractivity contribution < 1.29 is 19.4 Å². The summed E-state index contributed by atoms with van der Waals surface area (Å²) in [5, 5.41) is 12.2. The normalized spacial score (nSPS) is 9.16. The number of rotatable bonds is 4. The summed E-state index contributed by atoms with van der Waals surface area (Å²) in [5.41, 5.74) is 0.776. The maximum Gasteiger partial charge on any atom is 0.216 e. The summed E-state index contributed by atoms with van der Waals surface area (Å²) in [7, 11) is 1.41. The van der Waals surface area contributed by atoms with Crippen molar-refractivity contribution in [3.05, 3.63) is 23.3 Å². The summed E-state index contributed by atoms with van der Waals surface area (Å²) < 4.78 is 4.91. The summed E-state index contributed by atoms with van der Waals surface area (Å²) in [6, 6.07) is 2.81. The minimum absolute atomic E-state index is 0.0701. The first-order valence-corrected chi connectivity index (χ1v) is 5.68. The third-order valence-electron chi connectivity index (χ3n) is 2.32. The van der Waals surface area contributed by atoms with Crippen LogP contribution < -0.4 is 10.1 Å². The van der Waals surface area contributed by atoms with Crippen molar-refractivity contribution in [1.82, 2.24) is 5.32 Å². The van der Waals surface area contributed by atoms with Gasteiger partial charge in [0.05, 0.1) is 7.11 Å². The van der Waals surface area contributed by atoms with E-state index in [-0.39, 0.29) is 17.4 Å². The Hall–Kier alpha value is -2.48. The van der Waals surface area contributed by atoms with Gasteiger partial charge in [-0.2, -0.15) is 0 Å². The molecule has 0 heterocycles. The number of carbonyl (C=O) groups excluding carboxylic acids is 2. The summed E-state index contributed by atoms with van der Waals surface area (Å²) in [6.07, 6.45) is 1.12. The number of phenols is 1. The van der Waals surface area contributed by atoms with Crippen LogP contribution in [0.3, 0.4) is 0 Å². The fraction of sp³-hybridized carbons (Fsp3) is 0.286. The topological polar surface area (TPSA) is 75.6 Å². The van der Waals surface area contributed by atoms with Crippen molar-refractivity contribution in [2.45, 2.75) is 13.3 Å². The average molecular weight is 261 g/mol. The molecule has 0 unspecified atom stereocenters. The van der Waals surface area contributed by atoms with Gasteiger partial charge >= 0.3 is 0 Å². The van der Waals surface area contributed by atoms with E-state index >= 15 is 0 Å². The lowest BCUT2D eigenvalue weighted by Crippen LogP contribution is -2.20. The molecule has 0 aliphatic heterocycles. The van der Waals surface area contributed by atoms with Gasteiger partial charge in [0.1, 0.15) is 0 Å². The van der Waals surface area contributed by atoms with Gasteiger partial charge in [-0.1, -0.05) is 11.8 Å². The van der Waals surface area contributed by atoms with E-state index in [2.05, 4.69) is 17.2 Å². The highest BCUT2D eigenvalue weighted by Gasteiger charge is 2.07. The molecule has 5 heteroatoms. The Morgan fingerprint density at radius 2 is 2.26 bits per heavy atom. The largest absolute Gasteiger partial charge is 0.504 e. The molecule has 1 amide bonds. The van der Waals surface area contributed by atoms with Gasteiger partial charge in [-0.3, -0.25) is 9.59 Å². The maximum atomic E-state index is 10.9. The minimum Gasteiger partial charge on any atom is -0.504 e. The van der Waals surface area contributed by atoms with Gasteiger partial charge in [-0.05, 0) is 6.07 Å². The molecular formula is C14H15NO4. The van der Waals surface area contributed by atoms with Crippen LogP contribution >= 0.6 is 0 Å². The highest BCUT2D eigenvalue weighted by molar-refractivity contribution is 5.81. The van der Waals surface area contributed by atoms with E-state index in [1.54, 1.807) is 0 Å². The Bertz CT molecular complexity index is 540. The van der Waals surface area contributed by atoms with Gasteiger partial charge in [0.15, 0.2) is 17.8 Å². The number of nitrogens with one attached hydrogen (secondary N) is 1. The highest BCUT2D eigenvalue weighted by Crippen LogP contribution is 2.28. The van der Waals surface area contributed by atoms with Gasteiger partial charge < -0.3 is 15.2 Å². The number of aromatic hydroxyl groups is 1. The first kappa shape index (κ1) is 14.6. The molecular weight excluding hydrogens is 246 g/mol. The Morgan fingerprint density at radius 3 is 2.84 bits per heavy atom. The molecule has 2 N–H and O–H groups in total. The van der Waals surface area contributed by atoms with Gasteiger partial charge in [0.25, 0.3) is 0 Å². The molecule has 1 aromatic carbocycles. The van der Waals surface area contributed by atoms with Crippen molar-refractivity contribution in [2.24, 2.45) is 0 Å². The van der Waals surface area contributed by atoms with Gasteiger partial charge in [-0.15, -0.1) is 0 Å². The van der Waals surface area contributed by atoms with Gasteiger partial charge in [0, 0.05) is 37.1 Å². The number of methoxy groups -OCH3 is 1. The van der Waals surface area contributed by atoms with Crippen LogP contribution in [0, 0.1) is 11.8 Å². The lowest BCUT2D eigenvalue weighted by molar-refractivity contribution is -0.118. The van der Waals surface area contributed by atoms with E-state index in [1.807, 2.05) is 0 Å². The van der Waals surface area contributed by atoms with E-state index in [9.17, 15) is 14.7 Å². The van der Waals surface area contributed by atoms with Crippen LogP contribution in [-0.4, -0.2) is 31.0 Å². The zero-order valence-corrected chi connectivity index (χ0v) is 10.8. The molecule has 1 rings (SSSR count). The molecule has 0 fully saturated rings. The number of phenolic OH excluding ortho intramolecular Hbond substituents is 1. The van der Waals surface area contributed by atoms with Crippen molar-refractivity contribution in [3.63, 3.8) is 0 Å². The quantitative estimate of drug-likeness (QED) is 0.483. The predicted octanol–water partition coefficient (Wildman–Crippen LogP) is 1.09. The number of hydrogen-bond acceptors (Lipinski definition) is 4. The number of carbonyl (C=O) groups is 2. The molecule has 0 bridgehead atoms. The molecule has 0 aliphatic carbocycles. The maximum absolute atomic E-state index is 10.9. The Kier molecular flexibility index (Phi) is 5.42. The van der Waals surface area contributed by atoms with Crippen LogP contribution in [0.25, 0.3) is 0 Å². The molecule has 5 nitrogen and oxygen atoms in total. The zero-order valence-electron chi connectivity index (χ0n) is 10.8. The standard InChI is InChI=1S/C14H15NO4/c1-10(17)15-6-4-3-5-11-7-13(18)14(19-2)8-12(11)9-16/h7-9,18H,4,6H2,1-2H3,(H,15,17). The van der Waals surface area contributed by atoms with Crippen molar-refractivity contribution >= 4 is 12.2 Å².